The number of nitrogens with one attached hydrogen (secondary N) is 1. The third-order valence-electron chi connectivity index (χ3n) is 3.99. The van der Waals surface area contributed by atoms with Gasteiger partial charge >= 0.3 is 0 Å². The highest BCUT2D eigenvalue weighted by molar-refractivity contribution is 6.34. The van der Waals surface area contributed by atoms with E-state index in [1.165, 1.54) is 18.2 Å². The third-order valence-corrected chi connectivity index (χ3v) is 4.31. The van der Waals surface area contributed by atoms with Gasteiger partial charge < -0.3 is 10.2 Å². The van der Waals surface area contributed by atoms with E-state index in [0.29, 0.717) is 39.3 Å². The fourth-order valence-electron chi connectivity index (χ4n) is 2.59. The summed E-state index contributed by atoms with van der Waals surface area (Å²) in [5.74, 6) is -0.268. The first-order valence-electron chi connectivity index (χ1n) is 8.14. The Balaban J connectivity index is 1.91. The average Bonchev–Trinajstić information content (AvgIpc) is 2.60. The zero-order valence-electron chi connectivity index (χ0n) is 14.0. The predicted octanol–water partition coefficient (Wildman–Crippen LogP) is 1.53. The van der Waals surface area contributed by atoms with Crippen molar-refractivity contribution in [1.82, 2.24) is 15.1 Å². The van der Waals surface area contributed by atoms with Crippen molar-refractivity contribution in [1.29, 1.82) is 0 Å². The SMILES string of the molecule is CCCNC(=O)CN1CCN(C(=O)c2ccc([N+](=O)[O-])cc2Cl)CC1. The summed E-state index contributed by atoms with van der Waals surface area (Å²) >= 11 is 6.02. The predicted molar refractivity (Wildman–Crippen MR) is 93.8 cm³/mol. The van der Waals surface area contributed by atoms with Crippen molar-refractivity contribution in [3.63, 3.8) is 0 Å². The molecule has 0 radical (unpaired) electrons. The first kappa shape index (κ1) is 19.1. The fraction of sp³-hybridized carbons (Fsp3) is 0.500. The number of benzene rings is 1. The van der Waals surface area contributed by atoms with Crippen molar-refractivity contribution in [2.24, 2.45) is 0 Å². The number of non-ortho nitro benzene ring substituents is 1. The molecule has 8 nitrogen and oxygen atoms in total. The first-order valence-corrected chi connectivity index (χ1v) is 8.52. The van der Waals surface area contributed by atoms with Crippen LogP contribution in [0, 0.1) is 10.1 Å². The van der Waals surface area contributed by atoms with E-state index in [4.69, 9.17) is 11.6 Å². The fourth-order valence-corrected chi connectivity index (χ4v) is 2.85. The molecule has 1 aliphatic heterocycles. The van der Waals surface area contributed by atoms with E-state index in [-0.39, 0.29) is 28.1 Å². The number of nitro groups is 1. The largest absolute Gasteiger partial charge is 0.355 e. The molecule has 1 saturated heterocycles. The lowest BCUT2D eigenvalue weighted by Gasteiger charge is -2.34. The molecule has 1 fully saturated rings. The minimum Gasteiger partial charge on any atom is -0.355 e. The van der Waals surface area contributed by atoms with Gasteiger partial charge in [-0.3, -0.25) is 24.6 Å². The molecule has 1 aromatic carbocycles. The molecular formula is C16H21ClN4O4. The molecule has 1 aromatic rings. The highest BCUT2D eigenvalue weighted by Crippen LogP contribution is 2.24. The van der Waals surface area contributed by atoms with Crippen LogP contribution in [-0.2, 0) is 4.79 Å². The summed E-state index contributed by atoms with van der Waals surface area (Å²) in [6, 6.07) is 3.84. The van der Waals surface area contributed by atoms with Gasteiger partial charge in [-0.05, 0) is 12.5 Å². The van der Waals surface area contributed by atoms with Crippen LogP contribution in [0.25, 0.3) is 0 Å². The maximum Gasteiger partial charge on any atom is 0.270 e. The molecular weight excluding hydrogens is 348 g/mol. The molecule has 0 aromatic heterocycles. The van der Waals surface area contributed by atoms with Gasteiger partial charge in [0.15, 0.2) is 0 Å². The molecule has 9 heteroatoms. The summed E-state index contributed by atoms with van der Waals surface area (Å²) in [5.41, 5.74) is 0.103. The minimum atomic E-state index is -0.553. The Kier molecular flexibility index (Phi) is 6.72. The lowest BCUT2D eigenvalue weighted by atomic mass is 10.1. The van der Waals surface area contributed by atoms with E-state index in [1.54, 1.807) is 4.90 Å². The highest BCUT2D eigenvalue weighted by atomic mass is 35.5. The average molecular weight is 369 g/mol. The Hall–Kier alpha value is -2.19. The van der Waals surface area contributed by atoms with Gasteiger partial charge in [0.25, 0.3) is 11.6 Å². The van der Waals surface area contributed by atoms with E-state index >= 15 is 0 Å². The zero-order chi connectivity index (χ0) is 18.4. The van der Waals surface area contributed by atoms with Gasteiger partial charge in [-0.2, -0.15) is 0 Å². The summed E-state index contributed by atoms with van der Waals surface area (Å²) in [5, 5.41) is 13.6. The van der Waals surface area contributed by atoms with Gasteiger partial charge in [0.1, 0.15) is 0 Å². The second kappa shape index (κ2) is 8.77. The molecule has 25 heavy (non-hydrogen) atoms. The van der Waals surface area contributed by atoms with Crippen LogP contribution in [0.1, 0.15) is 23.7 Å². The van der Waals surface area contributed by atoms with Gasteiger partial charge in [0.2, 0.25) is 5.91 Å². The summed E-state index contributed by atoms with van der Waals surface area (Å²) in [6.45, 7) is 5.12. The molecule has 0 unspecified atom stereocenters. The molecule has 0 spiro atoms. The van der Waals surface area contributed by atoms with E-state index in [2.05, 4.69) is 5.32 Å². The summed E-state index contributed by atoms with van der Waals surface area (Å²) in [7, 11) is 0. The highest BCUT2D eigenvalue weighted by Gasteiger charge is 2.25. The number of nitro benzene ring substituents is 1. The Morgan fingerprint density at radius 3 is 2.52 bits per heavy atom. The zero-order valence-corrected chi connectivity index (χ0v) is 14.8. The molecule has 0 saturated carbocycles. The smallest absolute Gasteiger partial charge is 0.270 e. The molecule has 1 heterocycles. The van der Waals surface area contributed by atoms with Gasteiger partial charge in [0, 0.05) is 44.9 Å². The van der Waals surface area contributed by atoms with Crippen molar-refractivity contribution in [2.75, 3.05) is 39.3 Å². The van der Waals surface area contributed by atoms with Crippen molar-refractivity contribution >= 4 is 29.1 Å². The Morgan fingerprint density at radius 2 is 1.96 bits per heavy atom. The maximum absolute atomic E-state index is 12.5. The van der Waals surface area contributed by atoms with Gasteiger partial charge in [-0.15, -0.1) is 0 Å². The number of carbonyl (C=O) groups excluding carboxylic acids is 2. The first-order chi connectivity index (χ1) is 11.9. The van der Waals surface area contributed by atoms with E-state index in [1.807, 2.05) is 11.8 Å². The van der Waals surface area contributed by atoms with E-state index in [0.717, 1.165) is 6.42 Å². The minimum absolute atomic E-state index is 0.0139. The number of halogens is 1. The molecule has 1 N–H and O–H groups in total. The van der Waals surface area contributed by atoms with E-state index < -0.39 is 4.92 Å². The van der Waals surface area contributed by atoms with Crippen LogP contribution < -0.4 is 5.32 Å². The third kappa shape index (κ3) is 5.14. The standard InChI is InChI=1S/C16H21ClN4O4/c1-2-5-18-15(22)11-19-6-8-20(9-7-19)16(23)13-4-3-12(21(24)25)10-14(13)17/h3-4,10H,2,5-9,11H2,1H3,(H,18,22). The number of amides is 2. The molecule has 1 aliphatic rings. The molecule has 136 valence electrons. The molecule has 2 amide bonds. The van der Waals surface area contributed by atoms with Crippen LogP contribution in [0.15, 0.2) is 18.2 Å². The van der Waals surface area contributed by atoms with Crippen LogP contribution in [-0.4, -0.2) is 65.8 Å². The summed E-state index contributed by atoms with van der Waals surface area (Å²) in [4.78, 5) is 38.1. The lowest BCUT2D eigenvalue weighted by Crippen LogP contribution is -2.51. The van der Waals surface area contributed by atoms with Crippen molar-refractivity contribution in [3.8, 4) is 0 Å². The van der Waals surface area contributed by atoms with Crippen LogP contribution in [0.5, 0.6) is 0 Å². The number of hydrogen-bond donors (Lipinski definition) is 1. The Bertz CT molecular complexity index is 660. The van der Waals surface area contributed by atoms with Crippen LogP contribution in [0.2, 0.25) is 5.02 Å². The topological polar surface area (TPSA) is 95.8 Å². The van der Waals surface area contributed by atoms with Crippen LogP contribution >= 0.6 is 11.6 Å². The number of rotatable bonds is 6. The lowest BCUT2D eigenvalue weighted by molar-refractivity contribution is -0.384. The quantitative estimate of drug-likeness (QED) is 0.606. The monoisotopic (exact) mass is 368 g/mol. The second-order valence-electron chi connectivity index (χ2n) is 5.84. The number of piperazine rings is 1. The van der Waals surface area contributed by atoms with Crippen LogP contribution in [0.4, 0.5) is 5.69 Å². The Labute approximate surface area is 150 Å². The van der Waals surface area contributed by atoms with E-state index in [9.17, 15) is 19.7 Å². The molecule has 0 atom stereocenters. The van der Waals surface area contributed by atoms with Crippen molar-refractivity contribution in [2.45, 2.75) is 13.3 Å². The van der Waals surface area contributed by atoms with Crippen LogP contribution in [0.3, 0.4) is 0 Å². The molecule has 0 bridgehead atoms. The van der Waals surface area contributed by atoms with Gasteiger partial charge in [0.05, 0.1) is 22.1 Å². The van der Waals surface area contributed by atoms with Crippen molar-refractivity contribution < 1.29 is 14.5 Å². The van der Waals surface area contributed by atoms with Crippen molar-refractivity contribution in [3.05, 3.63) is 38.9 Å². The number of carbonyl (C=O) groups is 2. The molecule has 2 rings (SSSR count). The second-order valence-corrected chi connectivity index (χ2v) is 6.25. The summed E-state index contributed by atoms with van der Waals surface area (Å²) < 4.78 is 0. The maximum atomic E-state index is 12.5. The van der Waals surface area contributed by atoms with Gasteiger partial charge in [-0.25, -0.2) is 0 Å². The number of nitrogens with zero attached hydrogens (tertiary/aromatic N) is 3. The van der Waals surface area contributed by atoms with Gasteiger partial charge in [-0.1, -0.05) is 18.5 Å². The summed E-state index contributed by atoms with van der Waals surface area (Å²) in [6.07, 6.45) is 0.893. The normalized spacial score (nSPS) is 15.0. The Morgan fingerprint density at radius 1 is 1.28 bits per heavy atom. The molecule has 0 aliphatic carbocycles. The number of hydrogen-bond acceptors (Lipinski definition) is 5.